The fourth-order valence-corrected chi connectivity index (χ4v) is 3.97. The van der Waals surface area contributed by atoms with Gasteiger partial charge in [0, 0.05) is 13.7 Å². The highest BCUT2D eigenvalue weighted by Gasteiger charge is 2.39. The van der Waals surface area contributed by atoms with Gasteiger partial charge in [-0.1, -0.05) is 39.0 Å². The van der Waals surface area contributed by atoms with Crippen molar-refractivity contribution in [1.29, 1.82) is 0 Å². The fraction of sp³-hybridized carbons (Fsp3) is 0.944. The Morgan fingerprint density at radius 1 is 1.17 bits per heavy atom. The summed E-state index contributed by atoms with van der Waals surface area (Å²) in [4.78, 5) is 12.5. The Kier molecular flexibility index (Phi) is 9.48. The van der Waals surface area contributed by atoms with Gasteiger partial charge >= 0.3 is 0 Å². The van der Waals surface area contributed by atoms with Gasteiger partial charge in [0.15, 0.2) is 0 Å². The second kappa shape index (κ2) is 10.5. The lowest BCUT2D eigenvalue weighted by molar-refractivity contribution is -0.146. The number of hydrogen-bond acceptors (Lipinski definition) is 3. The van der Waals surface area contributed by atoms with Gasteiger partial charge in [0.25, 0.3) is 5.91 Å². The minimum atomic E-state index is -0.594. The third-order valence-electron chi connectivity index (χ3n) is 5.70. The summed E-state index contributed by atoms with van der Waals surface area (Å²) in [6, 6.07) is 0. The topological polar surface area (TPSA) is 50.4 Å². The summed E-state index contributed by atoms with van der Waals surface area (Å²) in [5.41, 5.74) is -0.594. The van der Waals surface area contributed by atoms with E-state index in [0.717, 1.165) is 38.4 Å². The van der Waals surface area contributed by atoms with Crippen LogP contribution in [0.15, 0.2) is 0 Å². The van der Waals surface area contributed by atoms with Crippen LogP contribution in [-0.4, -0.2) is 38.3 Å². The predicted molar refractivity (Wildman–Crippen MR) is 97.1 cm³/mol. The molecule has 1 aliphatic heterocycles. The SMILES string of the molecule is CCCCC1CCC(CNC(=O)C2(OC)CCNCC2)CC1.Cl. The number of rotatable bonds is 7. The van der Waals surface area contributed by atoms with Crippen LogP contribution in [0.2, 0.25) is 0 Å². The minimum absolute atomic E-state index is 0. The lowest BCUT2D eigenvalue weighted by Crippen LogP contribution is -2.54. The molecule has 1 saturated heterocycles. The van der Waals surface area contributed by atoms with Crippen molar-refractivity contribution in [3.63, 3.8) is 0 Å². The van der Waals surface area contributed by atoms with Crippen LogP contribution in [-0.2, 0) is 9.53 Å². The molecule has 1 saturated carbocycles. The van der Waals surface area contributed by atoms with Crippen molar-refractivity contribution in [2.24, 2.45) is 11.8 Å². The smallest absolute Gasteiger partial charge is 0.252 e. The second-order valence-corrected chi connectivity index (χ2v) is 7.19. The molecule has 1 amide bonds. The number of ether oxygens (including phenoxy) is 1. The van der Waals surface area contributed by atoms with E-state index in [1.54, 1.807) is 7.11 Å². The van der Waals surface area contributed by atoms with E-state index in [1.807, 2.05) is 0 Å². The molecule has 0 spiro atoms. The number of nitrogens with one attached hydrogen (secondary N) is 2. The average Bonchev–Trinajstić information content (AvgIpc) is 2.59. The van der Waals surface area contributed by atoms with Gasteiger partial charge in [0.1, 0.15) is 5.60 Å². The lowest BCUT2D eigenvalue weighted by Gasteiger charge is -2.36. The van der Waals surface area contributed by atoms with Crippen molar-refractivity contribution in [1.82, 2.24) is 10.6 Å². The molecule has 2 aliphatic rings. The first-order valence-corrected chi connectivity index (χ1v) is 9.24. The molecule has 2 fully saturated rings. The first-order chi connectivity index (χ1) is 10.7. The molecule has 2 rings (SSSR count). The summed E-state index contributed by atoms with van der Waals surface area (Å²) in [7, 11) is 1.67. The van der Waals surface area contributed by atoms with Gasteiger partial charge < -0.3 is 15.4 Å². The monoisotopic (exact) mass is 346 g/mol. The third-order valence-corrected chi connectivity index (χ3v) is 5.70. The largest absolute Gasteiger partial charge is 0.368 e. The molecule has 0 aromatic heterocycles. The molecule has 0 bridgehead atoms. The van der Waals surface area contributed by atoms with Gasteiger partial charge in [-0.3, -0.25) is 4.79 Å². The van der Waals surface area contributed by atoms with E-state index in [4.69, 9.17) is 4.74 Å². The summed E-state index contributed by atoms with van der Waals surface area (Å²) in [5, 5.41) is 6.48. The van der Waals surface area contributed by atoms with Crippen LogP contribution in [0.4, 0.5) is 0 Å². The van der Waals surface area contributed by atoms with Crippen molar-refractivity contribution in [3.05, 3.63) is 0 Å². The van der Waals surface area contributed by atoms with E-state index in [1.165, 1.54) is 44.9 Å². The molecule has 0 aromatic carbocycles. The van der Waals surface area contributed by atoms with Crippen LogP contribution < -0.4 is 10.6 Å². The van der Waals surface area contributed by atoms with Gasteiger partial charge in [-0.25, -0.2) is 0 Å². The number of carbonyl (C=O) groups is 1. The van der Waals surface area contributed by atoms with Gasteiger partial charge in [-0.05, 0) is 50.6 Å². The Morgan fingerprint density at radius 3 is 2.35 bits per heavy atom. The zero-order chi connectivity index (χ0) is 15.8. The highest BCUT2D eigenvalue weighted by Crippen LogP contribution is 2.31. The van der Waals surface area contributed by atoms with Crippen LogP contribution >= 0.6 is 12.4 Å². The number of piperidine rings is 1. The van der Waals surface area contributed by atoms with Gasteiger partial charge in [-0.2, -0.15) is 0 Å². The molecule has 1 heterocycles. The summed E-state index contributed by atoms with van der Waals surface area (Å²) in [6.07, 6.45) is 10.9. The Balaban J connectivity index is 0.00000264. The molecular weight excluding hydrogens is 312 g/mol. The molecule has 2 N–H and O–H groups in total. The molecule has 0 atom stereocenters. The zero-order valence-corrected chi connectivity index (χ0v) is 15.7. The van der Waals surface area contributed by atoms with E-state index in [0.29, 0.717) is 5.92 Å². The molecule has 23 heavy (non-hydrogen) atoms. The van der Waals surface area contributed by atoms with Crippen molar-refractivity contribution in [2.45, 2.75) is 70.3 Å². The highest BCUT2D eigenvalue weighted by atomic mass is 35.5. The number of unbranched alkanes of at least 4 members (excludes halogenated alkanes) is 1. The minimum Gasteiger partial charge on any atom is -0.368 e. The summed E-state index contributed by atoms with van der Waals surface area (Å²) in [5.74, 6) is 1.70. The van der Waals surface area contributed by atoms with Crippen molar-refractivity contribution < 1.29 is 9.53 Å². The van der Waals surface area contributed by atoms with Crippen LogP contribution in [0.25, 0.3) is 0 Å². The molecule has 136 valence electrons. The van der Waals surface area contributed by atoms with E-state index < -0.39 is 5.60 Å². The molecule has 4 nitrogen and oxygen atoms in total. The summed E-state index contributed by atoms with van der Waals surface area (Å²) in [6.45, 7) is 4.83. The number of amides is 1. The Bertz CT molecular complexity index is 338. The zero-order valence-electron chi connectivity index (χ0n) is 14.9. The van der Waals surface area contributed by atoms with Gasteiger partial charge in [0.05, 0.1) is 0 Å². The van der Waals surface area contributed by atoms with Crippen LogP contribution in [0.3, 0.4) is 0 Å². The number of methoxy groups -OCH3 is 1. The number of halogens is 1. The predicted octanol–water partition coefficient (Wildman–Crippen LogP) is 3.29. The van der Waals surface area contributed by atoms with E-state index in [9.17, 15) is 4.79 Å². The van der Waals surface area contributed by atoms with E-state index in [-0.39, 0.29) is 18.3 Å². The van der Waals surface area contributed by atoms with Gasteiger partial charge in [0.2, 0.25) is 0 Å². The maximum Gasteiger partial charge on any atom is 0.252 e. The maximum absolute atomic E-state index is 12.5. The van der Waals surface area contributed by atoms with Crippen molar-refractivity contribution in [2.75, 3.05) is 26.7 Å². The van der Waals surface area contributed by atoms with Crippen molar-refractivity contribution >= 4 is 18.3 Å². The molecule has 0 radical (unpaired) electrons. The van der Waals surface area contributed by atoms with Crippen molar-refractivity contribution in [3.8, 4) is 0 Å². The number of hydrogen-bond donors (Lipinski definition) is 2. The molecular formula is C18H35ClN2O2. The standard InChI is InChI=1S/C18H34N2O2.ClH/c1-3-4-5-15-6-8-16(9-7-15)14-20-17(21)18(22-2)10-12-19-13-11-18;/h15-16,19H,3-14H2,1-2H3,(H,20,21);1H. The first-order valence-electron chi connectivity index (χ1n) is 9.24. The highest BCUT2D eigenvalue weighted by molar-refractivity contribution is 5.85. The maximum atomic E-state index is 12.5. The van der Waals surface area contributed by atoms with Gasteiger partial charge in [-0.15, -0.1) is 12.4 Å². The Hall–Kier alpha value is -0.320. The third kappa shape index (κ3) is 5.91. The van der Waals surface area contributed by atoms with Crippen LogP contribution in [0, 0.1) is 11.8 Å². The fourth-order valence-electron chi connectivity index (χ4n) is 3.97. The Labute approximate surface area is 147 Å². The Morgan fingerprint density at radius 2 is 1.78 bits per heavy atom. The second-order valence-electron chi connectivity index (χ2n) is 7.19. The molecule has 0 unspecified atom stereocenters. The normalized spacial score (nSPS) is 27.0. The lowest BCUT2D eigenvalue weighted by atomic mass is 9.79. The van der Waals surface area contributed by atoms with Crippen LogP contribution in [0.5, 0.6) is 0 Å². The molecule has 5 heteroatoms. The van der Waals surface area contributed by atoms with Crippen LogP contribution in [0.1, 0.15) is 64.7 Å². The molecule has 1 aliphatic carbocycles. The summed E-state index contributed by atoms with van der Waals surface area (Å²) >= 11 is 0. The quantitative estimate of drug-likeness (QED) is 0.743. The number of carbonyl (C=O) groups excluding carboxylic acids is 1. The first kappa shape index (κ1) is 20.7. The average molecular weight is 347 g/mol. The van der Waals surface area contributed by atoms with E-state index >= 15 is 0 Å². The summed E-state index contributed by atoms with van der Waals surface area (Å²) < 4.78 is 5.59. The van der Waals surface area contributed by atoms with E-state index in [2.05, 4.69) is 17.6 Å². The molecule has 0 aromatic rings.